The third-order valence-electron chi connectivity index (χ3n) is 4.40. The van der Waals surface area contributed by atoms with E-state index in [9.17, 15) is 8.42 Å². The molecule has 1 fully saturated rings. The molecule has 0 aliphatic carbocycles. The highest BCUT2D eigenvalue weighted by atomic mass is 35.5. The van der Waals surface area contributed by atoms with Crippen LogP contribution in [0.15, 0.2) is 24.3 Å². The number of hydrogen-bond acceptors (Lipinski definition) is 6. The number of ether oxygens (including phenoxy) is 3. The zero-order valence-corrected chi connectivity index (χ0v) is 17.7. The number of rotatable bonds is 10. The first-order chi connectivity index (χ1) is 12.6. The largest absolute Gasteiger partial charge is 0.496 e. The van der Waals surface area contributed by atoms with E-state index in [4.69, 9.17) is 14.2 Å². The van der Waals surface area contributed by atoms with Crippen molar-refractivity contribution in [2.24, 2.45) is 0 Å². The van der Waals surface area contributed by atoms with E-state index in [0.717, 1.165) is 5.56 Å². The van der Waals surface area contributed by atoms with Gasteiger partial charge in [-0.05, 0) is 6.07 Å². The summed E-state index contributed by atoms with van der Waals surface area (Å²) >= 11 is 0. The highest BCUT2D eigenvalue weighted by Gasteiger charge is 2.38. The van der Waals surface area contributed by atoms with Gasteiger partial charge >= 0.3 is 0 Å². The fraction of sp³-hybridized carbons (Fsp3) is 0.647. The Morgan fingerprint density at radius 3 is 2.37 bits per heavy atom. The zero-order chi connectivity index (χ0) is 19.0. The molecule has 27 heavy (non-hydrogen) atoms. The molecule has 1 N–H and O–H groups in total. The van der Waals surface area contributed by atoms with E-state index < -0.39 is 10.2 Å². The second-order valence-electron chi connectivity index (χ2n) is 5.97. The van der Waals surface area contributed by atoms with Crippen molar-refractivity contribution in [3.63, 3.8) is 0 Å². The minimum atomic E-state index is -3.68. The first kappa shape index (κ1) is 24.1. The maximum Gasteiger partial charge on any atom is 0.282 e. The summed E-state index contributed by atoms with van der Waals surface area (Å²) in [5.74, 6) is 0.682. The van der Waals surface area contributed by atoms with E-state index in [2.05, 4.69) is 5.32 Å². The molecular formula is C17H30ClN3O5S. The monoisotopic (exact) mass is 423 g/mol. The Labute approximate surface area is 168 Å². The maximum absolute atomic E-state index is 13.4. The van der Waals surface area contributed by atoms with Crippen LogP contribution in [0.5, 0.6) is 5.75 Å². The van der Waals surface area contributed by atoms with Crippen molar-refractivity contribution in [2.75, 3.05) is 67.3 Å². The summed E-state index contributed by atoms with van der Waals surface area (Å²) in [6, 6.07) is 7.19. The number of hydrogen-bond donors (Lipinski definition) is 1. The third kappa shape index (κ3) is 6.02. The lowest BCUT2D eigenvalue weighted by molar-refractivity contribution is 0.143. The summed E-state index contributed by atoms with van der Waals surface area (Å²) < 4.78 is 45.3. The molecule has 156 valence electrons. The van der Waals surface area contributed by atoms with Crippen LogP contribution in [-0.4, -0.2) is 84.3 Å². The first-order valence-corrected chi connectivity index (χ1v) is 10.0. The Balaban J connectivity index is 0.00000364. The molecule has 10 heteroatoms. The van der Waals surface area contributed by atoms with Crippen molar-refractivity contribution in [1.29, 1.82) is 0 Å². The maximum atomic E-state index is 13.4. The molecule has 0 aromatic heterocycles. The first-order valence-electron chi connectivity index (χ1n) is 8.64. The van der Waals surface area contributed by atoms with Gasteiger partial charge in [0.05, 0.1) is 26.4 Å². The predicted octanol–water partition coefficient (Wildman–Crippen LogP) is 0.903. The molecule has 0 spiro atoms. The molecule has 1 aromatic carbocycles. The summed E-state index contributed by atoms with van der Waals surface area (Å²) in [7, 11) is 1.03. The van der Waals surface area contributed by atoms with Gasteiger partial charge in [0.2, 0.25) is 0 Å². The van der Waals surface area contributed by atoms with Gasteiger partial charge in [-0.15, -0.1) is 12.4 Å². The van der Waals surface area contributed by atoms with Crippen molar-refractivity contribution in [3.05, 3.63) is 29.8 Å². The van der Waals surface area contributed by atoms with E-state index in [-0.39, 0.29) is 31.5 Å². The normalized spacial score (nSPS) is 18.3. The number of nitrogens with one attached hydrogen (secondary N) is 1. The lowest BCUT2D eigenvalue weighted by Crippen LogP contribution is -2.54. The van der Waals surface area contributed by atoms with Gasteiger partial charge in [-0.3, -0.25) is 0 Å². The van der Waals surface area contributed by atoms with E-state index in [1.54, 1.807) is 25.6 Å². The summed E-state index contributed by atoms with van der Waals surface area (Å²) in [6.45, 7) is 2.75. The van der Waals surface area contributed by atoms with E-state index in [0.29, 0.717) is 38.6 Å². The fourth-order valence-corrected chi connectivity index (χ4v) is 4.78. The molecule has 0 radical (unpaired) electrons. The highest BCUT2D eigenvalue weighted by Crippen LogP contribution is 2.32. The van der Waals surface area contributed by atoms with Crippen LogP contribution >= 0.6 is 12.4 Å². The minimum Gasteiger partial charge on any atom is -0.496 e. The zero-order valence-electron chi connectivity index (χ0n) is 16.1. The Hall–Kier alpha value is -0.940. The summed E-state index contributed by atoms with van der Waals surface area (Å²) in [4.78, 5) is 0. The Morgan fingerprint density at radius 1 is 1.15 bits per heavy atom. The predicted molar refractivity (Wildman–Crippen MR) is 107 cm³/mol. The van der Waals surface area contributed by atoms with Crippen molar-refractivity contribution >= 4 is 22.6 Å². The number of nitrogens with zero attached hydrogens (tertiary/aromatic N) is 2. The van der Waals surface area contributed by atoms with Gasteiger partial charge in [0.25, 0.3) is 10.2 Å². The lowest BCUT2D eigenvalue weighted by Gasteiger charge is -2.38. The van der Waals surface area contributed by atoms with Crippen LogP contribution in [0.3, 0.4) is 0 Å². The van der Waals surface area contributed by atoms with E-state index in [1.807, 2.05) is 24.3 Å². The fourth-order valence-electron chi connectivity index (χ4n) is 3.05. The van der Waals surface area contributed by atoms with Gasteiger partial charge in [0, 0.05) is 52.5 Å². The standard InChI is InChI=1S/C17H29N3O5S.ClH/c1-23-12-10-19(11-13-24-2)26(21,22)20-9-8-18-14-16(20)15-6-4-5-7-17(15)25-3;/h4-7,16,18H,8-14H2,1-3H3;1H. The number of para-hydroxylation sites is 1. The Bertz CT molecular complexity index is 654. The summed E-state index contributed by atoms with van der Waals surface area (Å²) in [5.41, 5.74) is 0.851. The van der Waals surface area contributed by atoms with Crippen LogP contribution in [0.1, 0.15) is 11.6 Å². The van der Waals surface area contributed by atoms with Crippen LogP contribution in [0, 0.1) is 0 Å². The molecule has 8 nitrogen and oxygen atoms in total. The number of piperazine rings is 1. The van der Waals surface area contributed by atoms with Gasteiger partial charge in [-0.2, -0.15) is 17.0 Å². The van der Waals surface area contributed by atoms with Crippen molar-refractivity contribution in [3.8, 4) is 5.75 Å². The quantitative estimate of drug-likeness (QED) is 0.602. The van der Waals surface area contributed by atoms with Crippen molar-refractivity contribution in [1.82, 2.24) is 13.9 Å². The lowest BCUT2D eigenvalue weighted by atomic mass is 10.0. The van der Waals surface area contributed by atoms with Crippen molar-refractivity contribution in [2.45, 2.75) is 6.04 Å². The molecule has 1 saturated heterocycles. The van der Waals surface area contributed by atoms with Crippen LogP contribution in [0.2, 0.25) is 0 Å². The van der Waals surface area contributed by atoms with E-state index in [1.165, 1.54) is 4.31 Å². The van der Waals surface area contributed by atoms with Gasteiger partial charge in [-0.25, -0.2) is 0 Å². The van der Waals surface area contributed by atoms with Crippen LogP contribution in [-0.2, 0) is 19.7 Å². The smallest absolute Gasteiger partial charge is 0.282 e. The number of methoxy groups -OCH3 is 3. The molecule has 1 aromatic rings. The molecule has 0 amide bonds. The van der Waals surface area contributed by atoms with Gasteiger partial charge in [0.15, 0.2) is 0 Å². The average molecular weight is 424 g/mol. The molecule has 1 unspecified atom stereocenters. The van der Waals surface area contributed by atoms with Crippen LogP contribution in [0.4, 0.5) is 0 Å². The van der Waals surface area contributed by atoms with E-state index >= 15 is 0 Å². The van der Waals surface area contributed by atoms with Crippen LogP contribution < -0.4 is 10.1 Å². The molecule has 1 aliphatic heterocycles. The minimum absolute atomic E-state index is 0. The Morgan fingerprint density at radius 2 is 1.78 bits per heavy atom. The molecular weight excluding hydrogens is 394 g/mol. The summed E-state index contributed by atoms with van der Waals surface area (Å²) in [5, 5.41) is 3.28. The second-order valence-corrected chi connectivity index (χ2v) is 7.85. The second kappa shape index (κ2) is 11.8. The summed E-state index contributed by atoms with van der Waals surface area (Å²) in [6.07, 6.45) is 0. The van der Waals surface area contributed by atoms with Gasteiger partial charge < -0.3 is 19.5 Å². The van der Waals surface area contributed by atoms with Crippen molar-refractivity contribution < 1.29 is 22.6 Å². The molecule has 0 bridgehead atoms. The molecule has 1 atom stereocenters. The average Bonchev–Trinajstić information content (AvgIpc) is 2.67. The topological polar surface area (TPSA) is 80.3 Å². The molecule has 2 rings (SSSR count). The Kier molecular flexibility index (Phi) is 10.5. The number of halogens is 1. The molecule has 1 aliphatic rings. The highest BCUT2D eigenvalue weighted by molar-refractivity contribution is 7.86. The van der Waals surface area contributed by atoms with Gasteiger partial charge in [0.1, 0.15) is 5.75 Å². The molecule has 0 saturated carbocycles. The molecule has 1 heterocycles. The number of benzene rings is 1. The van der Waals surface area contributed by atoms with Gasteiger partial charge in [-0.1, -0.05) is 18.2 Å². The third-order valence-corrected chi connectivity index (χ3v) is 6.45. The SMILES string of the molecule is COCCN(CCOC)S(=O)(=O)N1CCNCC1c1ccccc1OC.Cl. The van der Waals surface area contributed by atoms with Crippen LogP contribution in [0.25, 0.3) is 0 Å².